The number of nitrogens with zero attached hydrogens (tertiary/aromatic N) is 4. The van der Waals surface area contributed by atoms with Gasteiger partial charge in [-0.1, -0.05) is 18.7 Å². The highest BCUT2D eigenvalue weighted by Crippen LogP contribution is 2.09. The van der Waals surface area contributed by atoms with Gasteiger partial charge in [-0.15, -0.1) is 0 Å². The number of nitrogens with one attached hydrogen (secondary N) is 1. The monoisotopic (exact) mass is 345 g/mol. The predicted molar refractivity (Wildman–Crippen MR) is 97.9 cm³/mol. The summed E-state index contributed by atoms with van der Waals surface area (Å²) in [7, 11) is 0. The van der Waals surface area contributed by atoms with Gasteiger partial charge in [-0.05, 0) is 29.8 Å². The molecule has 0 fully saturated rings. The molecule has 0 saturated carbocycles. The fraction of sp³-hybridized carbons (Fsp3) is 0.0526. The average Bonchev–Trinajstić information content (AvgIpc) is 3.08. The molecule has 4 rings (SSSR count). The third-order valence-electron chi connectivity index (χ3n) is 3.99. The van der Waals surface area contributed by atoms with Gasteiger partial charge in [0.15, 0.2) is 0 Å². The minimum Gasteiger partial charge on any atom is -0.345 e. The molecule has 128 valence electrons. The van der Waals surface area contributed by atoms with E-state index in [1.165, 1.54) is 10.5 Å². The second-order valence-corrected chi connectivity index (χ2v) is 5.76. The van der Waals surface area contributed by atoms with E-state index >= 15 is 0 Å². The van der Waals surface area contributed by atoms with Gasteiger partial charge >= 0.3 is 0 Å². The largest absolute Gasteiger partial charge is 0.345 e. The van der Waals surface area contributed by atoms with Crippen molar-refractivity contribution in [3.63, 3.8) is 0 Å². The lowest BCUT2D eigenvalue weighted by molar-refractivity contribution is 0.0945. The number of carbonyl (C=O) groups is 1. The summed E-state index contributed by atoms with van der Waals surface area (Å²) < 4.78 is 3.26. The Morgan fingerprint density at radius 2 is 2.04 bits per heavy atom. The first-order chi connectivity index (χ1) is 12.6. The topological polar surface area (TPSA) is 80.8 Å². The molecule has 1 amide bonds. The number of carbonyl (C=O) groups excluding carboxylic acids is 1. The summed E-state index contributed by atoms with van der Waals surface area (Å²) in [5.74, 6) is -0.419. The van der Waals surface area contributed by atoms with Crippen LogP contribution in [0.5, 0.6) is 0 Å². The number of rotatable bonds is 4. The summed E-state index contributed by atoms with van der Waals surface area (Å²) in [6.07, 6.45) is 7.11. The van der Waals surface area contributed by atoms with Crippen LogP contribution in [-0.4, -0.2) is 24.7 Å². The highest BCUT2D eigenvalue weighted by Gasteiger charge is 2.11. The number of hydrogen-bond acceptors (Lipinski definition) is 4. The Morgan fingerprint density at radius 3 is 2.88 bits per heavy atom. The van der Waals surface area contributed by atoms with Crippen LogP contribution in [0.2, 0.25) is 0 Å². The van der Waals surface area contributed by atoms with Crippen molar-refractivity contribution in [1.82, 2.24) is 24.1 Å². The highest BCUT2D eigenvalue weighted by molar-refractivity contribution is 5.92. The van der Waals surface area contributed by atoms with E-state index in [4.69, 9.17) is 0 Å². The Balaban J connectivity index is 1.55. The maximum Gasteiger partial charge on any atom is 0.270 e. The zero-order chi connectivity index (χ0) is 18.1. The highest BCUT2D eigenvalue weighted by atomic mass is 16.2. The zero-order valence-electron chi connectivity index (χ0n) is 13.8. The lowest BCUT2D eigenvalue weighted by Gasteiger charge is -2.04. The molecule has 0 aromatic carbocycles. The van der Waals surface area contributed by atoms with Gasteiger partial charge in [0.2, 0.25) is 0 Å². The molecule has 0 aliphatic heterocycles. The molecule has 7 nitrogen and oxygen atoms in total. The summed E-state index contributed by atoms with van der Waals surface area (Å²) in [4.78, 5) is 33.1. The van der Waals surface area contributed by atoms with E-state index in [0.717, 1.165) is 11.2 Å². The van der Waals surface area contributed by atoms with Gasteiger partial charge in [-0.2, -0.15) is 0 Å². The molecule has 4 heterocycles. The Labute approximate surface area is 148 Å². The van der Waals surface area contributed by atoms with E-state index in [1.807, 2.05) is 28.9 Å². The molecule has 0 aliphatic rings. The summed E-state index contributed by atoms with van der Waals surface area (Å²) in [6.45, 7) is 3.98. The van der Waals surface area contributed by atoms with Crippen LogP contribution in [0.3, 0.4) is 0 Å². The first-order valence-electron chi connectivity index (χ1n) is 8.01. The van der Waals surface area contributed by atoms with Gasteiger partial charge in [0, 0.05) is 24.7 Å². The van der Waals surface area contributed by atoms with Gasteiger partial charge in [-0.25, -0.2) is 9.97 Å². The van der Waals surface area contributed by atoms with Crippen LogP contribution in [0.15, 0.2) is 66.4 Å². The van der Waals surface area contributed by atoms with Crippen molar-refractivity contribution < 1.29 is 4.79 Å². The molecule has 4 aromatic rings. The van der Waals surface area contributed by atoms with E-state index in [2.05, 4.69) is 21.9 Å². The van der Waals surface area contributed by atoms with Crippen LogP contribution in [0, 0.1) is 0 Å². The Bertz CT molecular complexity index is 1210. The van der Waals surface area contributed by atoms with E-state index in [9.17, 15) is 9.59 Å². The van der Waals surface area contributed by atoms with Crippen molar-refractivity contribution in [1.29, 1.82) is 0 Å². The second kappa shape index (κ2) is 6.29. The summed E-state index contributed by atoms with van der Waals surface area (Å²) in [5.41, 5.74) is 2.67. The molecule has 4 aromatic heterocycles. The molecule has 26 heavy (non-hydrogen) atoms. The van der Waals surface area contributed by atoms with Crippen LogP contribution in [0.1, 0.15) is 21.7 Å². The quantitative estimate of drug-likeness (QED) is 0.613. The summed E-state index contributed by atoms with van der Waals surface area (Å²) in [6, 6.07) is 10.2. The molecular weight excluding hydrogens is 330 g/mol. The van der Waals surface area contributed by atoms with Crippen LogP contribution in [-0.2, 0) is 6.54 Å². The van der Waals surface area contributed by atoms with Gasteiger partial charge in [0.25, 0.3) is 11.5 Å². The third-order valence-corrected chi connectivity index (χ3v) is 3.99. The standard InChI is InChI=1S/C19H15N5O2/c1-2-13-6-7-16-21-14(12-23(16)11-13)10-20-19(26)15-9-18(25)24-8-4-3-5-17(24)22-15/h2-9,11-12H,1,10H2,(H,20,26). The van der Waals surface area contributed by atoms with E-state index in [-0.39, 0.29) is 17.8 Å². The molecule has 0 atom stereocenters. The molecule has 0 unspecified atom stereocenters. The second-order valence-electron chi connectivity index (χ2n) is 5.76. The number of imidazole rings is 1. The fourth-order valence-corrected chi connectivity index (χ4v) is 2.70. The molecule has 0 spiro atoms. The van der Waals surface area contributed by atoms with Crippen LogP contribution >= 0.6 is 0 Å². The SMILES string of the molecule is C=Cc1ccc2nc(CNC(=O)c3cc(=O)n4ccccc4n3)cn2c1. The zero-order valence-corrected chi connectivity index (χ0v) is 13.8. The molecule has 1 N–H and O–H groups in total. The van der Waals surface area contributed by atoms with Crippen molar-refractivity contribution in [3.8, 4) is 0 Å². The van der Waals surface area contributed by atoms with Gasteiger partial charge in [0.05, 0.1) is 12.2 Å². The predicted octanol–water partition coefficient (Wildman–Crippen LogP) is 1.92. The normalized spacial score (nSPS) is 10.9. The van der Waals surface area contributed by atoms with Crippen molar-refractivity contribution in [2.45, 2.75) is 6.54 Å². The van der Waals surface area contributed by atoms with Crippen LogP contribution in [0.4, 0.5) is 0 Å². The Kier molecular flexibility index (Phi) is 3.81. The lowest BCUT2D eigenvalue weighted by atomic mass is 10.3. The lowest BCUT2D eigenvalue weighted by Crippen LogP contribution is -2.27. The molecule has 0 aliphatic carbocycles. The Morgan fingerprint density at radius 1 is 1.15 bits per heavy atom. The minimum absolute atomic E-state index is 0.0823. The van der Waals surface area contributed by atoms with Crippen molar-refractivity contribution >= 4 is 23.3 Å². The first-order valence-corrected chi connectivity index (χ1v) is 8.01. The molecule has 0 radical (unpaired) electrons. The van der Waals surface area contributed by atoms with Gasteiger partial charge in [0.1, 0.15) is 17.0 Å². The van der Waals surface area contributed by atoms with Crippen molar-refractivity contribution in [2.75, 3.05) is 0 Å². The average molecular weight is 345 g/mol. The number of pyridine rings is 2. The van der Waals surface area contributed by atoms with Gasteiger partial charge in [-0.3, -0.25) is 14.0 Å². The first kappa shape index (κ1) is 15.8. The number of hydrogen-bond donors (Lipinski definition) is 1. The molecule has 0 saturated heterocycles. The smallest absolute Gasteiger partial charge is 0.270 e. The maximum absolute atomic E-state index is 12.4. The summed E-state index contributed by atoms with van der Waals surface area (Å²) >= 11 is 0. The summed E-state index contributed by atoms with van der Waals surface area (Å²) in [5, 5.41) is 2.75. The third kappa shape index (κ3) is 2.86. The van der Waals surface area contributed by atoms with E-state index in [0.29, 0.717) is 11.3 Å². The number of aromatic nitrogens is 4. The number of fused-ring (bicyclic) bond motifs is 2. The fourth-order valence-electron chi connectivity index (χ4n) is 2.70. The number of amides is 1. The van der Waals surface area contributed by atoms with Crippen molar-refractivity contribution in [2.24, 2.45) is 0 Å². The molecule has 0 bridgehead atoms. The van der Waals surface area contributed by atoms with Gasteiger partial charge < -0.3 is 9.72 Å². The van der Waals surface area contributed by atoms with Crippen molar-refractivity contribution in [3.05, 3.63) is 88.9 Å². The van der Waals surface area contributed by atoms with Crippen LogP contribution in [0.25, 0.3) is 17.4 Å². The van der Waals surface area contributed by atoms with E-state index in [1.54, 1.807) is 30.5 Å². The van der Waals surface area contributed by atoms with E-state index < -0.39 is 5.91 Å². The molecular formula is C19H15N5O2. The minimum atomic E-state index is -0.419. The molecule has 7 heteroatoms. The maximum atomic E-state index is 12.4. The van der Waals surface area contributed by atoms with Crippen LogP contribution < -0.4 is 10.9 Å². The Hall–Kier alpha value is -3.74.